The molecule has 0 bridgehead atoms. The molecule has 0 aliphatic rings. The molecule has 0 aliphatic carbocycles. The minimum absolute atomic E-state index is 0. The molecule has 2 aromatic rings. The standard InChI is InChI=1S/C12H13N3O2.ClH/c1-15-7-10(13)14-11(15)12(16)17-8-9-5-3-2-4-6-9;/h2-7H,8,13H2,1H3;1H. The van der Waals surface area contributed by atoms with E-state index in [0.717, 1.165) is 5.56 Å². The molecule has 0 spiro atoms. The fourth-order valence-corrected chi connectivity index (χ4v) is 1.47. The number of rotatable bonds is 3. The van der Waals surface area contributed by atoms with E-state index in [4.69, 9.17) is 10.5 Å². The fourth-order valence-electron chi connectivity index (χ4n) is 1.47. The molecule has 0 saturated heterocycles. The average molecular weight is 268 g/mol. The van der Waals surface area contributed by atoms with Crippen molar-refractivity contribution < 1.29 is 9.53 Å². The summed E-state index contributed by atoms with van der Waals surface area (Å²) in [4.78, 5) is 15.6. The average Bonchev–Trinajstić information content (AvgIpc) is 2.67. The highest BCUT2D eigenvalue weighted by Crippen LogP contribution is 2.07. The third-order valence-electron chi connectivity index (χ3n) is 2.29. The van der Waals surface area contributed by atoms with Gasteiger partial charge in [-0.1, -0.05) is 30.3 Å². The lowest BCUT2D eigenvalue weighted by atomic mass is 10.2. The zero-order valence-corrected chi connectivity index (χ0v) is 10.7. The molecule has 0 aliphatic heterocycles. The van der Waals surface area contributed by atoms with Crippen molar-refractivity contribution in [3.63, 3.8) is 0 Å². The lowest BCUT2D eigenvalue weighted by molar-refractivity contribution is 0.0454. The van der Waals surface area contributed by atoms with Gasteiger partial charge in [0.2, 0.25) is 5.82 Å². The summed E-state index contributed by atoms with van der Waals surface area (Å²) >= 11 is 0. The van der Waals surface area contributed by atoms with Gasteiger partial charge in [-0.2, -0.15) is 0 Å². The van der Waals surface area contributed by atoms with E-state index in [9.17, 15) is 4.79 Å². The van der Waals surface area contributed by atoms with Crippen molar-refractivity contribution in [1.29, 1.82) is 0 Å². The van der Waals surface area contributed by atoms with Crippen LogP contribution < -0.4 is 5.73 Å². The van der Waals surface area contributed by atoms with Crippen LogP contribution >= 0.6 is 12.4 Å². The van der Waals surface area contributed by atoms with Crippen LogP contribution in [0.3, 0.4) is 0 Å². The number of anilines is 1. The second-order valence-electron chi connectivity index (χ2n) is 3.66. The van der Waals surface area contributed by atoms with Gasteiger partial charge in [0.15, 0.2) is 0 Å². The minimum atomic E-state index is -0.479. The molecule has 96 valence electrons. The van der Waals surface area contributed by atoms with Crippen molar-refractivity contribution in [3.8, 4) is 0 Å². The Balaban J connectivity index is 0.00000162. The number of nitrogens with zero attached hydrogens (tertiary/aromatic N) is 2. The van der Waals surface area contributed by atoms with E-state index in [2.05, 4.69) is 4.98 Å². The van der Waals surface area contributed by atoms with E-state index in [0.29, 0.717) is 5.82 Å². The second kappa shape index (κ2) is 6.07. The Morgan fingerprint density at radius 2 is 2.06 bits per heavy atom. The predicted octanol–water partition coefficient (Wildman–Crippen LogP) is 1.78. The van der Waals surface area contributed by atoms with Gasteiger partial charge in [0.25, 0.3) is 0 Å². The largest absolute Gasteiger partial charge is 0.455 e. The number of aryl methyl sites for hydroxylation is 1. The van der Waals surface area contributed by atoms with Gasteiger partial charge in [0.1, 0.15) is 12.4 Å². The third kappa shape index (κ3) is 3.24. The first-order chi connectivity index (χ1) is 8.16. The number of carbonyl (C=O) groups is 1. The van der Waals surface area contributed by atoms with E-state index in [1.165, 1.54) is 0 Å². The van der Waals surface area contributed by atoms with Crippen molar-refractivity contribution in [3.05, 3.63) is 47.9 Å². The number of ether oxygens (including phenoxy) is 1. The number of imidazole rings is 1. The number of hydrogen-bond acceptors (Lipinski definition) is 4. The number of esters is 1. The maximum atomic E-state index is 11.7. The second-order valence-corrected chi connectivity index (χ2v) is 3.66. The smallest absolute Gasteiger partial charge is 0.374 e. The molecule has 2 rings (SSSR count). The van der Waals surface area contributed by atoms with Crippen molar-refractivity contribution >= 4 is 24.2 Å². The maximum Gasteiger partial charge on any atom is 0.374 e. The molecule has 0 fully saturated rings. The maximum absolute atomic E-state index is 11.7. The van der Waals surface area contributed by atoms with Crippen molar-refractivity contribution in [2.45, 2.75) is 6.61 Å². The predicted molar refractivity (Wildman–Crippen MR) is 70.4 cm³/mol. The van der Waals surface area contributed by atoms with Crippen LogP contribution in [0, 0.1) is 0 Å². The lowest BCUT2D eigenvalue weighted by Gasteiger charge is -2.04. The normalized spacial score (nSPS) is 9.61. The summed E-state index contributed by atoms with van der Waals surface area (Å²) in [7, 11) is 1.70. The number of carbonyl (C=O) groups excluding carboxylic acids is 1. The number of nitrogen functional groups attached to an aromatic ring is 1. The van der Waals surface area contributed by atoms with Gasteiger partial charge in [0, 0.05) is 13.2 Å². The Bertz CT molecular complexity index is 525. The zero-order chi connectivity index (χ0) is 12.3. The first kappa shape index (κ1) is 14.1. The quantitative estimate of drug-likeness (QED) is 0.861. The van der Waals surface area contributed by atoms with Gasteiger partial charge < -0.3 is 15.0 Å². The lowest BCUT2D eigenvalue weighted by Crippen LogP contribution is -2.11. The van der Waals surface area contributed by atoms with Gasteiger partial charge in [-0.3, -0.25) is 0 Å². The highest BCUT2D eigenvalue weighted by molar-refractivity contribution is 5.86. The van der Waals surface area contributed by atoms with Crippen LogP contribution in [0.1, 0.15) is 16.2 Å². The summed E-state index contributed by atoms with van der Waals surface area (Å²) < 4.78 is 6.67. The van der Waals surface area contributed by atoms with Gasteiger partial charge in [0.05, 0.1) is 0 Å². The van der Waals surface area contributed by atoms with Crippen LogP contribution in [0.5, 0.6) is 0 Å². The molecule has 0 unspecified atom stereocenters. The molecule has 0 saturated carbocycles. The minimum Gasteiger partial charge on any atom is -0.455 e. The Morgan fingerprint density at radius 1 is 1.39 bits per heavy atom. The van der Waals surface area contributed by atoms with Gasteiger partial charge in [-0.25, -0.2) is 9.78 Å². The molecular formula is C12H14ClN3O2. The summed E-state index contributed by atoms with van der Waals surface area (Å²) in [6.45, 7) is 0.229. The molecule has 1 aromatic carbocycles. The third-order valence-corrected chi connectivity index (χ3v) is 2.29. The SMILES string of the molecule is Cl.Cn1cc(N)nc1C(=O)OCc1ccccc1. The van der Waals surface area contributed by atoms with Crippen molar-refractivity contribution in [1.82, 2.24) is 9.55 Å². The van der Waals surface area contributed by atoms with E-state index in [1.54, 1.807) is 17.8 Å². The first-order valence-corrected chi connectivity index (χ1v) is 5.16. The molecule has 6 heteroatoms. The number of benzene rings is 1. The highest BCUT2D eigenvalue weighted by atomic mass is 35.5. The summed E-state index contributed by atoms with van der Waals surface area (Å²) in [5.74, 6) is 0.0330. The van der Waals surface area contributed by atoms with Gasteiger partial charge in [-0.15, -0.1) is 12.4 Å². The number of hydrogen-bond donors (Lipinski definition) is 1. The van der Waals surface area contributed by atoms with E-state index in [1.807, 2.05) is 30.3 Å². The Hall–Kier alpha value is -2.01. The zero-order valence-electron chi connectivity index (χ0n) is 9.87. The molecular weight excluding hydrogens is 254 g/mol. The van der Waals surface area contributed by atoms with Crippen LogP contribution in [0.15, 0.2) is 36.5 Å². The van der Waals surface area contributed by atoms with E-state index in [-0.39, 0.29) is 24.8 Å². The van der Waals surface area contributed by atoms with Crippen molar-refractivity contribution in [2.75, 3.05) is 5.73 Å². The summed E-state index contributed by atoms with van der Waals surface area (Å²) in [5, 5.41) is 0. The molecule has 0 atom stereocenters. The Morgan fingerprint density at radius 3 is 2.61 bits per heavy atom. The van der Waals surface area contributed by atoms with Crippen LogP contribution in [0.25, 0.3) is 0 Å². The molecule has 1 aromatic heterocycles. The molecule has 5 nitrogen and oxygen atoms in total. The number of halogens is 1. The highest BCUT2D eigenvalue weighted by Gasteiger charge is 2.14. The fraction of sp³-hybridized carbons (Fsp3) is 0.167. The number of aromatic nitrogens is 2. The molecule has 18 heavy (non-hydrogen) atoms. The topological polar surface area (TPSA) is 70.1 Å². The van der Waals surface area contributed by atoms with E-state index >= 15 is 0 Å². The monoisotopic (exact) mass is 267 g/mol. The summed E-state index contributed by atoms with van der Waals surface area (Å²) in [6.07, 6.45) is 1.57. The van der Waals surface area contributed by atoms with Crippen LogP contribution in [0.2, 0.25) is 0 Å². The molecule has 0 radical (unpaired) electrons. The van der Waals surface area contributed by atoms with Crippen LogP contribution in [-0.4, -0.2) is 15.5 Å². The first-order valence-electron chi connectivity index (χ1n) is 5.16. The molecule has 1 heterocycles. The van der Waals surface area contributed by atoms with Crippen molar-refractivity contribution in [2.24, 2.45) is 7.05 Å². The summed E-state index contributed by atoms with van der Waals surface area (Å²) in [6, 6.07) is 9.47. The number of nitrogens with two attached hydrogens (primary N) is 1. The van der Waals surface area contributed by atoms with Gasteiger partial charge in [-0.05, 0) is 5.56 Å². The van der Waals surface area contributed by atoms with Gasteiger partial charge >= 0.3 is 5.97 Å². The van der Waals surface area contributed by atoms with E-state index < -0.39 is 5.97 Å². The van der Waals surface area contributed by atoms with Crippen LogP contribution in [-0.2, 0) is 18.4 Å². The molecule has 0 amide bonds. The Kier molecular flexibility index (Phi) is 4.74. The summed E-state index contributed by atoms with van der Waals surface area (Å²) in [5.41, 5.74) is 6.42. The molecule has 2 N–H and O–H groups in total. The Labute approximate surface area is 111 Å². The van der Waals surface area contributed by atoms with Crippen LogP contribution in [0.4, 0.5) is 5.82 Å².